The molecule has 0 spiro atoms. The summed E-state index contributed by atoms with van der Waals surface area (Å²) in [5.41, 5.74) is 1.69. The van der Waals surface area contributed by atoms with E-state index in [1.807, 2.05) is 16.9 Å². The van der Waals surface area contributed by atoms with Crippen LogP contribution in [0.2, 0.25) is 0 Å². The number of thioether (sulfide) groups is 1. The maximum atomic E-state index is 8.45. The Labute approximate surface area is 102 Å². The third kappa shape index (κ3) is 2.17. The molecule has 0 saturated heterocycles. The summed E-state index contributed by atoms with van der Waals surface area (Å²) in [6.45, 7) is 3.40. The van der Waals surface area contributed by atoms with Crippen molar-refractivity contribution in [1.29, 1.82) is 10.7 Å². The third-order valence-corrected chi connectivity index (χ3v) is 3.00. The number of aryl methyl sites for hydroxylation is 2. The molecule has 0 amide bonds. The van der Waals surface area contributed by atoms with Gasteiger partial charge >= 0.3 is 0 Å². The van der Waals surface area contributed by atoms with Crippen LogP contribution in [0, 0.1) is 16.1 Å². The summed E-state index contributed by atoms with van der Waals surface area (Å²) in [6, 6.07) is 0. The van der Waals surface area contributed by atoms with Crippen LogP contribution in [-0.4, -0.2) is 24.9 Å². The second-order valence-electron chi connectivity index (χ2n) is 3.43. The first-order chi connectivity index (χ1) is 8.27. The minimum absolute atomic E-state index is 0.348. The monoisotopic (exact) mass is 248 g/mol. The first kappa shape index (κ1) is 11.7. The minimum Gasteiger partial charge on any atom is -0.315 e. The van der Waals surface area contributed by atoms with Gasteiger partial charge in [0.05, 0.1) is 12.7 Å². The van der Waals surface area contributed by atoms with Crippen LogP contribution in [0.3, 0.4) is 0 Å². The molecule has 0 radical (unpaired) electrons. The molecule has 2 heterocycles. The number of nitrogens with one attached hydrogen (secondary N) is 1. The number of thiocyanates is 1. The molecule has 2 aromatic rings. The summed E-state index contributed by atoms with van der Waals surface area (Å²) < 4.78 is 3.61. The Morgan fingerprint density at radius 2 is 2.18 bits per heavy atom. The van der Waals surface area contributed by atoms with E-state index in [0.29, 0.717) is 23.3 Å². The van der Waals surface area contributed by atoms with Crippen LogP contribution in [0.25, 0.3) is 11.2 Å². The summed E-state index contributed by atoms with van der Waals surface area (Å²) in [6.07, 6.45) is 3.33. The van der Waals surface area contributed by atoms with Crippen LogP contribution < -0.4 is 5.49 Å². The maximum absolute atomic E-state index is 8.45. The van der Waals surface area contributed by atoms with E-state index in [0.717, 1.165) is 12.2 Å². The predicted molar refractivity (Wildman–Crippen MR) is 65.1 cm³/mol. The number of nitriles is 1. The lowest BCUT2D eigenvalue weighted by atomic mass is 10.5. The second-order valence-corrected chi connectivity index (χ2v) is 4.31. The number of imidazole rings is 1. The second kappa shape index (κ2) is 5.01. The molecule has 0 aliphatic heterocycles. The van der Waals surface area contributed by atoms with Crippen molar-refractivity contribution in [3.05, 3.63) is 18.1 Å². The van der Waals surface area contributed by atoms with Gasteiger partial charge < -0.3 is 9.13 Å². The van der Waals surface area contributed by atoms with E-state index in [1.165, 1.54) is 11.8 Å². The molecule has 0 unspecified atom stereocenters. The van der Waals surface area contributed by atoms with Gasteiger partial charge in [0.1, 0.15) is 10.9 Å². The lowest BCUT2D eigenvalue weighted by Gasteiger charge is -2.04. The van der Waals surface area contributed by atoms with Crippen LogP contribution in [-0.2, 0) is 13.1 Å². The van der Waals surface area contributed by atoms with Crippen molar-refractivity contribution in [3.8, 4) is 5.40 Å². The lowest BCUT2D eigenvalue weighted by molar-refractivity contribution is 0.696. The maximum Gasteiger partial charge on any atom is 0.165 e. The Kier molecular flexibility index (Phi) is 3.44. The molecule has 17 heavy (non-hydrogen) atoms. The van der Waals surface area contributed by atoms with E-state index in [-0.39, 0.29) is 0 Å². The highest BCUT2D eigenvalue weighted by molar-refractivity contribution is 8.03. The highest BCUT2D eigenvalue weighted by Crippen LogP contribution is 2.04. The Bertz CT molecular complexity index is 620. The molecule has 2 rings (SSSR count). The Morgan fingerprint density at radius 3 is 2.88 bits per heavy atom. The zero-order chi connectivity index (χ0) is 12.3. The molecule has 6 nitrogen and oxygen atoms in total. The average Bonchev–Trinajstić information content (AvgIpc) is 2.76. The van der Waals surface area contributed by atoms with Crippen LogP contribution >= 0.6 is 11.8 Å². The molecule has 0 bridgehead atoms. The van der Waals surface area contributed by atoms with Gasteiger partial charge in [-0.1, -0.05) is 0 Å². The standard InChI is InChI=1S/C10H12N6S/c1-2-15-6-13-8-9(12)16(3-4-17-5-11)7-14-10(8)15/h6-7,12H,2-4H2,1H3. The summed E-state index contributed by atoms with van der Waals surface area (Å²) in [7, 11) is 0. The number of rotatable bonds is 4. The van der Waals surface area contributed by atoms with Gasteiger partial charge in [-0.3, -0.25) is 5.41 Å². The third-order valence-electron chi connectivity index (χ3n) is 2.48. The molecule has 0 aliphatic carbocycles. The number of fused-ring (bicyclic) bond motifs is 1. The molecule has 88 valence electrons. The molecule has 2 aromatic heterocycles. The Hall–Kier alpha value is -1.81. The largest absolute Gasteiger partial charge is 0.315 e. The molecule has 7 heteroatoms. The summed E-state index contributed by atoms with van der Waals surface area (Å²) in [4.78, 5) is 8.50. The van der Waals surface area contributed by atoms with Crippen LogP contribution in [0.1, 0.15) is 6.92 Å². The van der Waals surface area contributed by atoms with Crippen LogP contribution in [0.15, 0.2) is 12.7 Å². The van der Waals surface area contributed by atoms with E-state index >= 15 is 0 Å². The number of hydrogen-bond donors (Lipinski definition) is 1. The zero-order valence-corrected chi connectivity index (χ0v) is 10.2. The topological polar surface area (TPSA) is 83.3 Å². The molecule has 0 aliphatic rings. The Balaban J connectivity index is 2.38. The summed E-state index contributed by atoms with van der Waals surface area (Å²) in [5, 5.41) is 18.5. The van der Waals surface area contributed by atoms with Crippen molar-refractivity contribution >= 4 is 22.9 Å². The van der Waals surface area contributed by atoms with E-state index in [2.05, 4.69) is 9.97 Å². The smallest absolute Gasteiger partial charge is 0.165 e. The molecule has 0 aromatic carbocycles. The molecule has 1 N–H and O–H groups in total. The van der Waals surface area contributed by atoms with Crippen LogP contribution in [0.4, 0.5) is 0 Å². The first-order valence-corrected chi connectivity index (χ1v) is 6.22. The van der Waals surface area contributed by atoms with Crippen molar-refractivity contribution in [2.45, 2.75) is 20.0 Å². The highest BCUT2D eigenvalue weighted by atomic mass is 32.2. The van der Waals surface area contributed by atoms with Crippen molar-refractivity contribution in [2.75, 3.05) is 5.75 Å². The molecular formula is C10H12N6S. The normalized spacial score (nSPS) is 10.6. The fourth-order valence-corrected chi connectivity index (χ4v) is 1.97. The quantitative estimate of drug-likeness (QED) is 0.645. The van der Waals surface area contributed by atoms with Gasteiger partial charge in [-0.25, -0.2) is 9.97 Å². The molecule has 0 atom stereocenters. The summed E-state index contributed by atoms with van der Waals surface area (Å²) >= 11 is 1.17. The van der Waals surface area contributed by atoms with Crippen molar-refractivity contribution in [1.82, 2.24) is 19.1 Å². The highest BCUT2D eigenvalue weighted by Gasteiger charge is 2.06. The first-order valence-electron chi connectivity index (χ1n) is 5.23. The summed E-state index contributed by atoms with van der Waals surface area (Å²) in [5.74, 6) is 0.648. The predicted octanol–water partition coefficient (Wildman–Crippen LogP) is 0.946. The minimum atomic E-state index is 0.348. The van der Waals surface area contributed by atoms with Gasteiger partial charge in [0.2, 0.25) is 0 Å². The van der Waals surface area contributed by atoms with E-state index in [1.54, 1.807) is 17.2 Å². The number of aromatic nitrogens is 4. The molecular weight excluding hydrogens is 236 g/mol. The van der Waals surface area contributed by atoms with E-state index < -0.39 is 0 Å². The van der Waals surface area contributed by atoms with Gasteiger partial charge in [0.25, 0.3) is 0 Å². The SMILES string of the molecule is CCn1cnc2c(=N)n(CCSC#N)cnc21. The number of hydrogen-bond acceptors (Lipinski definition) is 5. The van der Waals surface area contributed by atoms with Crippen molar-refractivity contribution < 1.29 is 0 Å². The molecule has 0 saturated carbocycles. The van der Waals surface area contributed by atoms with Crippen molar-refractivity contribution in [3.63, 3.8) is 0 Å². The fourth-order valence-electron chi connectivity index (χ4n) is 1.59. The Morgan fingerprint density at radius 1 is 1.41 bits per heavy atom. The lowest BCUT2D eigenvalue weighted by Crippen LogP contribution is -2.22. The number of nitrogens with zero attached hydrogens (tertiary/aromatic N) is 5. The van der Waals surface area contributed by atoms with Gasteiger partial charge in [-0.15, -0.1) is 0 Å². The fraction of sp³-hybridized carbons (Fsp3) is 0.400. The van der Waals surface area contributed by atoms with Gasteiger partial charge in [0.15, 0.2) is 11.1 Å². The van der Waals surface area contributed by atoms with Crippen LogP contribution in [0.5, 0.6) is 0 Å². The zero-order valence-electron chi connectivity index (χ0n) is 9.42. The van der Waals surface area contributed by atoms with Gasteiger partial charge in [-0.2, -0.15) is 5.26 Å². The molecule has 0 fully saturated rings. The van der Waals surface area contributed by atoms with E-state index in [9.17, 15) is 0 Å². The van der Waals surface area contributed by atoms with Gasteiger partial charge in [0, 0.05) is 18.8 Å². The average molecular weight is 248 g/mol. The van der Waals surface area contributed by atoms with Gasteiger partial charge in [-0.05, 0) is 18.7 Å². The van der Waals surface area contributed by atoms with Crippen molar-refractivity contribution in [2.24, 2.45) is 0 Å². The van der Waals surface area contributed by atoms with E-state index in [4.69, 9.17) is 10.7 Å².